The zero-order chi connectivity index (χ0) is 20.2. The summed E-state index contributed by atoms with van der Waals surface area (Å²) in [4.78, 5) is 11.9. The van der Waals surface area contributed by atoms with Gasteiger partial charge in [0.15, 0.2) is 0 Å². The Morgan fingerprint density at radius 3 is 1.70 bits per heavy atom. The van der Waals surface area contributed by atoms with Gasteiger partial charge in [0.1, 0.15) is 17.1 Å². The average Bonchev–Trinajstić information content (AvgIpc) is 2.60. The van der Waals surface area contributed by atoms with Crippen LogP contribution in [0.4, 0.5) is 0 Å². The lowest BCUT2D eigenvalue weighted by atomic mass is 9.78. The first-order valence-corrected chi connectivity index (χ1v) is 9.64. The number of rotatable bonds is 6. The monoisotopic (exact) mass is 368 g/mol. The maximum Gasteiger partial charge on any atom is 0.314 e. The standard InChI is InChI=1S/C24H32O3/c1-8-17(2)22(25)26-20-13-9-18(10-14-20)24(6,7)19-11-15-21(16-12-19)27-23(3,4)5/h9-17H,8H2,1-7H3. The molecule has 146 valence electrons. The van der Waals surface area contributed by atoms with Crippen LogP contribution in [0.5, 0.6) is 11.5 Å². The Hall–Kier alpha value is -2.29. The SMILES string of the molecule is CCC(C)C(=O)Oc1ccc(C(C)(C)c2ccc(OC(C)(C)C)cc2)cc1. The zero-order valence-electron chi connectivity index (χ0n) is 17.6. The second-order valence-corrected chi connectivity index (χ2v) is 8.62. The molecular formula is C24H32O3. The second kappa shape index (κ2) is 8.16. The van der Waals surface area contributed by atoms with E-state index in [9.17, 15) is 4.79 Å². The Bertz CT molecular complexity index is 750. The molecule has 0 amide bonds. The van der Waals surface area contributed by atoms with Crippen molar-refractivity contribution in [2.45, 2.75) is 65.9 Å². The molecule has 1 unspecified atom stereocenters. The van der Waals surface area contributed by atoms with Gasteiger partial charge in [-0.25, -0.2) is 0 Å². The molecule has 0 fully saturated rings. The van der Waals surface area contributed by atoms with Crippen LogP contribution in [-0.2, 0) is 10.2 Å². The molecule has 0 N–H and O–H groups in total. The summed E-state index contributed by atoms with van der Waals surface area (Å²) in [5.74, 6) is 1.19. The van der Waals surface area contributed by atoms with Crippen molar-refractivity contribution in [1.29, 1.82) is 0 Å². The van der Waals surface area contributed by atoms with E-state index >= 15 is 0 Å². The largest absolute Gasteiger partial charge is 0.488 e. The first-order chi connectivity index (χ1) is 12.5. The summed E-state index contributed by atoms with van der Waals surface area (Å²) >= 11 is 0. The molecular weight excluding hydrogens is 336 g/mol. The molecule has 3 heteroatoms. The number of hydrogen-bond donors (Lipinski definition) is 0. The van der Waals surface area contributed by atoms with Crippen molar-refractivity contribution in [3.63, 3.8) is 0 Å². The molecule has 0 aliphatic heterocycles. The molecule has 2 aromatic rings. The van der Waals surface area contributed by atoms with Crippen molar-refractivity contribution in [1.82, 2.24) is 0 Å². The molecule has 0 saturated carbocycles. The zero-order valence-corrected chi connectivity index (χ0v) is 17.6. The predicted molar refractivity (Wildman–Crippen MR) is 110 cm³/mol. The number of ether oxygens (including phenoxy) is 2. The minimum Gasteiger partial charge on any atom is -0.488 e. The van der Waals surface area contributed by atoms with Crippen molar-refractivity contribution in [2.75, 3.05) is 0 Å². The van der Waals surface area contributed by atoms with Crippen molar-refractivity contribution in [2.24, 2.45) is 5.92 Å². The Kier molecular flexibility index (Phi) is 6.35. The van der Waals surface area contributed by atoms with Crippen molar-refractivity contribution >= 4 is 5.97 Å². The molecule has 1 atom stereocenters. The number of carbonyl (C=O) groups is 1. The van der Waals surface area contributed by atoms with E-state index in [2.05, 4.69) is 26.0 Å². The Morgan fingerprint density at radius 1 is 0.852 bits per heavy atom. The summed E-state index contributed by atoms with van der Waals surface area (Å²) in [7, 11) is 0. The van der Waals surface area contributed by atoms with Crippen LogP contribution in [0.15, 0.2) is 48.5 Å². The van der Waals surface area contributed by atoms with Gasteiger partial charge in [-0.05, 0) is 62.6 Å². The Morgan fingerprint density at radius 2 is 1.30 bits per heavy atom. The molecule has 3 nitrogen and oxygen atoms in total. The van der Waals surface area contributed by atoms with Gasteiger partial charge in [-0.1, -0.05) is 52.0 Å². The van der Waals surface area contributed by atoms with Gasteiger partial charge in [0, 0.05) is 5.41 Å². The van der Waals surface area contributed by atoms with Crippen molar-refractivity contribution < 1.29 is 14.3 Å². The summed E-state index contributed by atoms with van der Waals surface area (Å²) < 4.78 is 11.4. The molecule has 0 aliphatic carbocycles. The quantitative estimate of drug-likeness (QED) is 0.454. The number of esters is 1. The summed E-state index contributed by atoms with van der Waals surface area (Å²) in [5, 5.41) is 0. The van der Waals surface area contributed by atoms with Crippen LogP contribution in [0.25, 0.3) is 0 Å². The lowest BCUT2D eigenvalue weighted by molar-refractivity contribution is -0.138. The molecule has 2 aromatic carbocycles. The molecule has 0 aromatic heterocycles. The first kappa shape index (κ1) is 21.0. The number of hydrogen-bond acceptors (Lipinski definition) is 3. The van der Waals surface area contributed by atoms with Crippen LogP contribution in [0.3, 0.4) is 0 Å². The molecule has 0 bridgehead atoms. The topological polar surface area (TPSA) is 35.5 Å². The predicted octanol–water partition coefficient (Wildman–Crippen LogP) is 6.14. The van der Waals surface area contributed by atoms with E-state index in [0.29, 0.717) is 5.75 Å². The minimum atomic E-state index is -0.209. The molecule has 0 spiro atoms. The van der Waals surface area contributed by atoms with E-state index in [1.165, 1.54) is 5.56 Å². The highest BCUT2D eigenvalue weighted by atomic mass is 16.5. The maximum absolute atomic E-state index is 11.9. The fourth-order valence-electron chi connectivity index (χ4n) is 2.78. The normalized spacial score (nSPS) is 13.1. The van der Waals surface area contributed by atoms with Gasteiger partial charge in [-0.3, -0.25) is 4.79 Å². The van der Waals surface area contributed by atoms with E-state index in [0.717, 1.165) is 17.7 Å². The lowest BCUT2D eigenvalue weighted by Gasteiger charge is -2.27. The highest BCUT2D eigenvalue weighted by molar-refractivity contribution is 5.74. The third kappa shape index (κ3) is 5.59. The van der Waals surface area contributed by atoms with Gasteiger partial charge in [0.05, 0.1) is 5.92 Å². The minimum absolute atomic E-state index is 0.0880. The lowest BCUT2D eigenvalue weighted by Crippen LogP contribution is -2.23. The molecule has 27 heavy (non-hydrogen) atoms. The molecule has 0 aliphatic rings. The Labute approximate surface area is 163 Å². The smallest absolute Gasteiger partial charge is 0.314 e. The van der Waals surface area contributed by atoms with Crippen LogP contribution in [-0.4, -0.2) is 11.6 Å². The second-order valence-electron chi connectivity index (χ2n) is 8.62. The van der Waals surface area contributed by atoms with Gasteiger partial charge < -0.3 is 9.47 Å². The third-order valence-electron chi connectivity index (χ3n) is 4.81. The highest BCUT2D eigenvalue weighted by Crippen LogP contribution is 2.33. The van der Waals surface area contributed by atoms with E-state index < -0.39 is 0 Å². The van der Waals surface area contributed by atoms with Crippen LogP contribution in [0.1, 0.15) is 66.0 Å². The fourth-order valence-corrected chi connectivity index (χ4v) is 2.78. The number of carbonyl (C=O) groups excluding carboxylic acids is 1. The maximum atomic E-state index is 11.9. The molecule has 2 rings (SSSR count). The van der Waals surface area contributed by atoms with Crippen molar-refractivity contribution in [3.8, 4) is 11.5 Å². The van der Waals surface area contributed by atoms with Gasteiger partial charge >= 0.3 is 5.97 Å². The van der Waals surface area contributed by atoms with E-state index in [4.69, 9.17) is 9.47 Å². The van der Waals surface area contributed by atoms with Crippen LogP contribution < -0.4 is 9.47 Å². The summed E-state index contributed by atoms with van der Waals surface area (Å²) in [6.07, 6.45) is 0.777. The number of benzene rings is 2. The van der Waals surface area contributed by atoms with Gasteiger partial charge in [0.25, 0.3) is 0 Å². The Balaban J connectivity index is 2.15. The first-order valence-electron chi connectivity index (χ1n) is 9.64. The van der Waals surface area contributed by atoms with Crippen LogP contribution in [0.2, 0.25) is 0 Å². The molecule has 0 saturated heterocycles. The summed E-state index contributed by atoms with van der Waals surface area (Å²) in [6, 6.07) is 16.0. The third-order valence-corrected chi connectivity index (χ3v) is 4.81. The van der Waals surface area contributed by atoms with E-state index in [1.54, 1.807) is 0 Å². The van der Waals surface area contributed by atoms with Crippen LogP contribution >= 0.6 is 0 Å². The van der Waals surface area contributed by atoms with Crippen molar-refractivity contribution in [3.05, 3.63) is 59.7 Å². The average molecular weight is 369 g/mol. The van der Waals surface area contributed by atoms with Gasteiger partial charge in [-0.15, -0.1) is 0 Å². The molecule has 0 radical (unpaired) electrons. The van der Waals surface area contributed by atoms with Crippen LogP contribution in [0, 0.1) is 5.92 Å². The summed E-state index contributed by atoms with van der Waals surface area (Å²) in [6.45, 7) is 14.4. The fraction of sp³-hybridized carbons (Fsp3) is 0.458. The van der Waals surface area contributed by atoms with Gasteiger partial charge in [-0.2, -0.15) is 0 Å². The van der Waals surface area contributed by atoms with Gasteiger partial charge in [0.2, 0.25) is 0 Å². The van der Waals surface area contributed by atoms with E-state index in [1.807, 2.05) is 71.0 Å². The molecule has 0 heterocycles. The van der Waals surface area contributed by atoms with E-state index in [-0.39, 0.29) is 22.9 Å². The highest BCUT2D eigenvalue weighted by Gasteiger charge is 2.24. The summed E-state index contributed by atoms with van der Waals surface area (Å²) in [5.41, 5.74) is 1.99.